The zero-order valence-electron chi connectivity index (χ0n) is 11.6. The molecule has 0 aromatic carbocycles. The molecule has 0 saturated carbocycles. The lowest BCUT2D eigenvalue weighted by molar-refractivity contribution is -0.0886. The highest BCUT2D eigenvalue weighted by molar-refractivity contribution is 6.02. The molecule has 0 saturated heterocycles. The van der Waals surface area contributed by atoms with E-state index in [0.29, 0.717) is 25.1 Å². The molecular weight excluding hydrogens is 257 g/mol. The quantitative estimate of drug-likeness (QED) is 0.772. The van der Waals surface area contributed by atoms with Gasteiger partial charge in [0.2, 0.25) is 0 Å². The fourth-order valence-corrected chi connectivity index (χ4v) is 2.06. The number of nitrogens with zero attached hydrogens (tertiary/aromatic N) is 2. The van der Waals surface area contributed by atoms with Crippen LogP contribution in [0.2, 0.25) is 0 Å². The van der Waals surface area contributed by atoms with Crippen molar-refractivity contribution in [3.8, 4) is 0 Å². The minimum Gasteiger partial charge on any atom is -0.284 e. The Balaban J connectivity index is 3.36. The number of aromatic nitrogens is 2. The van der Waals surface area contributed by atoms with Crippen molar-refractivity contribution in [3.05, 3.63) is 17.0 Å². The predicted molar refractivity (Wildman–Crippen MR) is 66.2 cm³/mol. The molecule has 0 atom stereocenters. The van der Waals surface area contributed by atoms with E-state index in [2.05, 4.69) is 5.10 Å². The summed E-state index contributed by atoms with van der Waals surface area (Å²) in [5.74, 6) is -1.53. The van der Waals surface area contributed by atoms with Gasteiger partial charge in [-0.05, 0) is 18.8 Å². The van der Waals surface area contributed by atoms with Crippen LogP contribution in [0.5, 0.6) is 0 Å². The summed E-state index contributed by atoms with van der Waals surface area (Å²) >= 11 is 0. The van der Waals surface area contributed by atoms with Gasteiger partial charge in [-0.25, -0.2) is 0 Å². The predicted octanol–water partition coefficient (Wildman–Crippen LogP) is 3.41. The molecule has 0 spiro atoms. The van der Waals surface area contributed by atoms with Gasteiger partial charge in [0.15, 0.2) is 0 Å². The molecule has 1 rings (SSSR count). The number of carbonyl (C=O) groups excluding carboxylic acids is 1. The number of hydrogen-bond donors (Lipinski definition) is 0. The molecule has 0 fully saturated rings. The minimum absolute atomic E-state index is 0.236. The second-order valence-corrected chi connectivity index (χ2v) is 4.88. The normalized spacial score (nSPS) is 12.2. The smallest absolute Gasteiger partial charge is 0.284 e. The second kappa shape index (κ2) is 5.75. The molecule has 0 unspecified atom stereocenters. The average Bonchev–Trinajstić information content (AvgIpc) is 2.63. The number of ketones is 1. The Kier molecular flexibility index (Phi) is 4.76. The molecule has 1 aromatic rings. The lowest BCUT2D eigenvalue weighted by Gasteiger charge is -2.10. The van der Waals surface area contributed by atoms with E-state index in [0.717, 1.165) is 0 Å². The molecule has 0 aliphatic carbocycles. The summed E-state index contributed by atoms with van der Waals surface area (Å²) in [6.45, 7) is 7.87. The van der Waals surface area contributed by atoms with Crippen LogP contribution >= 0.6 is 0 Å². The third-order valence-electron chi connectivity index (χ3n) is 2.82. The standard InChI is InChI=1S/C13H19F3N2O/c1-5-9-11(12(19)13(14,15)16)10(6-2)18(17-9)7-8(3)4/h8H,5-7H2,1-4H3. The summed E-state index contributed by atoms with van der Waals surface area (Å²) in [6, 6.07) is 0. The largest absolute Gasteiger partial charge is 0.455 e. The van der Waals surface area contributed by atoms with Gasteiger partial charge in [0, 0.05) is 12.2 Å². The molecular formula is C13H19F3N2O. The van der Waals surface area contributed by atoms with Crippen molar-refractivity contribution in [1.29, 1.82) is 0 Å². The Morgan fingerprint density at radius 1 is 1.26 bits per heavy atom. The van der Waals surface area contributed by atoms with Gasteiger partial charge in [-0.2, -0.15) is 18.3 Å². The maximum Gasteiger partial charge on any atom is 0.455 e. The maximum absolute atomic E-state index is 12.7. The van der Waals surface area contributed by atoms with Crippen molar-refractivity contribution in [3.63, 3.8) is 0 Å². The average molecular weight is 276 g/mol. The van der Waals surface area contributed by atoms with E-state index >= 15 is 0 Å². The molecule has 0 aliphatic rings. The van der Waals surface area contributed by atoms with Gasteiger partial charge in [-0.3, -0.25) is 9.48 Å². The Bertz CT molecular complexity index is 461. The molecule has 0 bridgehead atoms. The number of alkyl halides is 3. The molecule has 0 N–H and O–H groups in total. The van der Waals surface area contributed by atoms with E-state index in [1.807, 2.05) is 13.8 Å². The van der Waals surface area contributed by atoms with Crippen molar-refractivity contribution in [2.24, 2.45) is 5.92 Å². The molecule has 0 radical (unpaired) electrons. The first-order valence-electron chi connectivity index (χ1n) is 6.42. The highest BCUT2D eigenvalue weighted by Gasteiger charge is 2.42. The van der Waals surface area contributed by atoms with Gasteiger partial charge >= 0.3 is 6.18 Å². The van der Waals surface area contributed by atoms with Gasteiger partial charge < -0.3 is 0 Å². The van der Waals surface area contributed by atoms with Crippen molar-refractivity contribution < 1.29 is 18.0 Å². The van der Waals surface area contributed by atoms with E-state index in [-0.39, 0.29) is 17.2 Å². The molecule has 1 heterocycles. The number of carbonyl (C=O) groups is 1. The van der Waals surface area contributed by atoms with Crippen LogP contribution in [-0.4, -0.2) is 21.7 Å². The Hall–Kier alpha value is -1.33. The molecule has 3 nitrogen and oxygen atoms in total. The number of aryl methyl sites for hydroxylation is 1. The van der Waals surface area contributed by atoms with Crippen LogP contribution in [0.25, 0.3) is 0 Å². The Morgan fingerprint density at radius 3 is 2.21 bits per heavy atom. The van der Waals surface area contributed by atoms with Crippen LogP contribution in [-0.2, 0) is 19.4 Å². The number of Topliss-reactive ketones (excluding diaryl/α,β-unsaturated/α-hetero) is 1. The summed E-state index contributed by atoms with van der Waals surface area (Å²) in [4.78, 5) is 11.5. The lowest BCUT2D eigenvalue weighted by Crippen LogP contribution is -2.25. The third kappa shape index (κ3) is 3.36. The zero-order valence-corrected chi connectivity index (χ0v) is 11.6. The molecule has 19 heavy (non-hydrogen) atoms. The van der Waals surface area contributed by atoms with Crippen LogP contribution in [0.1, 0.15) is 49.4 Å². The van der Waals surface area contributed by atoms with Gasteiger partial charge in [-0.1, -0.05) is 27.7 Å². The molecule has 0 aliphatic heterocycles. The zero-order chi connectivity index (χ0) is 14.8. The Labute approximate surface area is 110 Å². The first-order chi connectivity index (χ1) is 8.72. The van der Waals surface area contributed by atoms with Crippen molar-refractivity contribution in [2.75, 3.05) is 0 Å². The van der Waals surface area contributed by atoms with E-state index in [4.69, 9.17) is 0 Å². The van der Waals surface area contributed by atoms with Crippen molar-refractivity contribution in [2.45, 2.75) is 53.3 Å². The fourth-order valence-electron chi connectivity index (χ4n) is 2.06. The van der Waals surface area contributed by atoms with Gasteiger partial charge in [-0.15, -0.1) is 0 Å². The van der Waals surface area contributed by atoms with Gasteiger partial charge in [0.1, 0.15) is 0 Å². The molecule has 1 aromatic heterocycles. The van der Waals surface area contributed by atoms with E-state index in [1.54, 1.807) is 18.5 Å². The SMILES string of the molecule is CCc1nn(CC(C)C)c(CC)c1C(=O)C(F)(F)F. The monoisotopic (exact) mass is 276 g/mol. The summed E-state index contributed by atoms with van der Waals surface area (Å²) in [5, 5.41) is 4.17. The lowest BCUT2D eigenvalue weighted by atomic mass is 10.0. The summed E-state index contributed by atoms with van der Waals surface area (Å²) < 4.78 is 39.5. The minimum atomic E-state index is -4.85. The first-order valence-corrected chi connectivity index (χ1v) is 6.42. The van der Waals surface area contributed by atoms with E-state index in [1.165, 1.54) is 0 Å². The summed E-state index contributed by atoms with van der Waals surface area (Å²) in [5.41, 5.74) is 0.367. The third-order valence-corrected chi connectivity index (χ3v) is 2.82. The van der Waals surface area contributed by atoms with Gasteiger partial charge in [0.25, 0.3) is 5.78 Å². The number of rotatable bonds is 5. The topological polar surface area (TPSA) is 34.9 Å². The highest BCUT2D eigenvalue weighted by atomic mass is 19.4. The van der Waals surface area contributed by atoms with Crippen LogP contribution in [0.4, 0.5) is 13.2 Å². The van der Waals surface area contributed by atoms with Crippen LogP contribution in [0.3, 0.4) is 0 Å². The van der Waals surface area contributed by atoms with E-state index < -0.39 is 12.0 Å². The van der Waals surface area contributed by atoms with Crippen LogP contribution in [0, 0.1) is 5.92 Å². The van der Waals surface area contributed by atoms with E-state index in [9.17, 15) is 18.0 Å². The second-order valence-electron chi connectivity index (χ2n) is 4.88. The fraction of sp³-hybridized carbons (Fsp3) is 0.692. The summed E-state index contributed by atoms with van der Waals surface area (Å²) in [6.07, 6.45) is -4.17. The van der Waals surface area contributed by atoms with Crippen LogP contribution in [0.15, 0.2) is 0 Å². The first kappa shape index (κ1) is 15.7. The highest BCUT2D eigenvalue weighted by Crippen LogP contribution is 2.27. The Morgan fingerprint density at radius 2 is 1.84 bits per heavy atom. The molecule has 6 heteroatoms. The number of halogens is 3. The molecule has 108 valence electrons. The van der Waals surface area contributed by atoms with Crippen LogP contribution < -0.4 is 0 Å². The number of hydrogen-bond acceptors (Lipinski definition) is 2. The molecule has 0 amide bonds. The van der Waals surface area contributed by atoms with Crippen molar-refractivity contribution in [1.82, 2.24) is 9.78 Å². The summed E-state index contributed by atoms with van der Waals surface area (Å²) in [7, 11) is 0. The van der Waals surface area contributed by atoms with Gasteiger partial charge in [0.05, 0.1) is 11.3 Å². The maximum atomic E-state index is 12.7. The van der Waals surface area contributed by atoms with Crippen molar-refractivity contribution >= 4 is 5.78 Å².